The summed E-state index contributed by atoms with van der Waals surface area (Å²) in [6, 6.07) is 16.2. The molecule has 1 aromatic heterocycles. The van der Waals surface area contributed by atoms with Gasteiger partial charge in [0.25, 0.3) is 0 Å². The number of hydrogen-bond donors (Lipinski definition) is 1. The van der Waals surface area contributed by atoms with Crippen LogP contribution in [0.15, 0.2) is 53.3 Å². The van der Waals surface area contributed by atoms with E-state index in [4.69, 9.17) is 0 Å². The van der Waals surface area contributed by atoms with Gasteiger partial charge < -0.3 is 5.32 Å². The van der Waals surface area contributed by atoms with Gasteiger partial charge in [-0.15, -0.1) is 0 Å². The molecule has 0 spiro atoms. The highest BCUT2D eigenvalue weighted by Gasteiger charge is 2.19. The molecule has 0 aliphatic rings. The van der Waals surface area contributed by atoms with E-state index >= 15 is 0 Å². The summed E-state index contributed by atoms with van der Waals surface area (Å²) in [6.45, 7) is 6.76. The molecule has 0 fully saturated rings. The molecule has 0 aliphatic carbocycles. The van der Waals surface area contributed by atoms with Crippen LogP contribution >= 0.6 is 0 Å². The van der Waals surface area contributed by atoms with E-state index in [-0.39, 0.29) is 30.0 Å². The maximum atomic E-state index is 12.7. The van der Waals surface area contributed by atoms with E-state index in [0.29, 0.717) is 6.54 Å². The molecule has 1 unspecified atom stereocenters. The number of fused-ring (bicyclic) bond motifs is 1. The molecular weight excluding hydrogens is 362 g/mol. The van der Waals surface area contributed by atoms with Gasteiger partial charge in [0.05, 0.1) is 17.1 Å². The van der Waals surface area contributed by atoms with Crippen molar-refractivity contribution in [3.05, 3.63) is 70.1 Å². The first-order valence-corrected chi connectivity index (χ1v) is 10.4. The van der Waals surface area contributed by atoms with Crippen LogP contribution in [0.3, 0.4) is 0 Å². The minimum absolute atomic E-state index is 0.0394. The molecule has 1 N–H and O–H groups in total. The molecule has 2 aromatic carbocycles. The highest BCUT2D eigenvalue weighted by atomic mass is 16.2. The number of rotatable bonds is 8. The summed E-state index contributed by atoms with van der Waals surface area (Å²) in [4.78, 5) is 25.2. The molecule has 0 aliphatic heterocycles. The van der Waals surface area contributed by atoms with Gasteiger partial charge in [-0.25, -0.2) is 4.79 Å². The van der Waals surface area contributed by atoms with E-state index in [1.165, 1.54) is 5.56 Å². The molecule has 1 amide bonds. The Labute approximate surface area is 172 Å². The average molecular weight is 394 g/mol. The lowest BCUT2D eigenvalue weighted by atomic mass is 9.94. The summed E-state index contributed by atoms with van der Waals surface area (Å²) in [5.41, 5.74) is 4.09. The maximum absolute atomic E-state index is 12.7. The quantitative estimate of drug-likeness (QED) is 0.624. The second kappa shape index (κ2) is 9.12. The molecule has 3 aromatic rings. The third-order valence-electron chi connectivity index (χ3n) is 5.47. The van der Waals surface area contributed by atoms with Gasteiger partial charge in [-0.1, -0.05) is 63.6 Å². The number of nitrogens with one attached hydrogen (secondary N) is 1. The monoisotopic (exact) mass is 393 g/mol. The molecule has 29 heavy (non-hydrogen) atoms. The fraction of sp³-hybridized carbons (Fsp3) is 0.417. The van der Waals surface area contributed by atoms with Gasteiger partial charge in [0.2, 0.25) is 5.91 Å². The van der Waals surface area contributed by atoms with Crippen LogP contribution < -0.4 is 11.0 Å². The zero-order chi connectivity index (χ0) is 21.0. The average Bonchev–Trinajstić information content (AvgIpc) is 2.96. The van der Waals surface area contributed by atoms with Crippen LogP contribution in [0.5, 0.6) is 0 Å². The molecule has 3 rings (SSSR count). The molecular formula is C24H31N3O2. The van der Waals surface area contributed by atoms with E-state index in [1.807, 2.05) is 24.3 Å². The summed E-state index contributed by atoms with van der Waals surface area (Å²) < 4.78 is 3.31. The van der Waals surface area contributed by atoms with Crippen molar-refractivity contribution in [1.82, 2.24) is 14.5 Å². The van der Waals surface area contributed by atoms with E-state index in [9.17, 15) is 9.59 Å². The van der Waals surface area contributed by atoms with Crippen molar-refractivity contribution >= 4 is 16.9 Å². The molecule has 0 bridgehead atoms. The number of para-hydroxylation sites is 2. The number of nitrogens with zero attached hydrogens (tertiary/aromatic N) is 2. The van der Waals surface area contributed by atoms with Crippen molar-refractivity contribution in [1.29, 1.82) is 0 Å². The van der Waals surface area contributed by atoms with E-state index in [2.05, 4.69) is 50.4 Å². The van der Waals surface area contributed by atoms with E-state index in [1.54, 1.807) is 16.2 Å². The number of aromatic nitrogens is 2. The summed E-state index contributed by atoms with van der Waals surface area (Å²) in [5, 5.41) is 3.17. The van der Waals surface area contributed by atoms with Crippen molar-refractivity contribution < 1.29 is 4.79 Å². The number of benzene rings is 2. The predicted octanol–water partition coefficient (Wildman–Crippen LogP) is 4.20. The summed E-state index contributed by atoms with van der Waals surface area (Å²) >= 11 is 0. The zero-order valence-electron chi connectivity index (χ0n) is 17.8. The van der Waals surface area contributed by atoms with Gasteiger partial charge >= 0.3 is 5.69 Å². The summed E-state index contributed by atoms with van der Waals surface area (Å²) in [5.74, 6) is 0.234. The number of aryl methyl sites for hydroxylation is 3. The standard InChI is InChI=1S/C24H31N3O2/c1-5-8-18-11-13-19(14-12-18)23(17(2)3)25-22(28)15-16-27-21-10-7-6-9-20(21)26(4)24(27)29/h6-7,9-14,17,23H,5,8,15-16H2,1-4H3,(H,25,28). The van der Waals surface area contributed by atoms with Crippen LogP contribution in [0.2, 0.25) is 0 Å². The topological polar surface area (TPSA) is 56.0 Å². The minimum atomic E-state index is -0.0917. The van der Waals surface area contributed by atoms with Crippen LogP contribution in [0.25, 0.3) is 11.0 Å². The molecule has 1 atom stereocenters. The van der Waals surface area contributed by atoms with Crippen LogP contribution in [-0.4, -0.2) is 15.0 Å². The second-order valence-corrected chi connectivity index (χ2v) is 8.01. The lowest BCUT2D eigenvalue weighted by Crippen LogP contribution is -2.33. The van der Waals surface area contributed by atoms with Crippen LogP contribution in [0.1, 0.15) is 50.8 Å². The van der Waals surface area contributed by atoms with Crippen molar-refractivity contribution in [2.45, 2.75) is 52.6 Å². The smallest absolute Gasteiger partial charge is 0.328 e. The second-order valence-electron chi connectivity index (χ2n) is 8.01. The Morgan fingerprint density at radius 1 is 1.03 bits per heavy atom. The highest BCUT2D eigenvalue weighted by Crippen LogP contribution is 2.23. The Bertz CT molecular complexity index is 1030. The lowest BCUT2D eigenvalue weighted by molar-refractivity contribution is -0.122. The minimum Gasteiger partial charge on any atom is -0.349 e. The summed E-state index contributed by atoms with van der Waals surface area (Å²) in [6.07, 6.45) is 2.46. The van der Waals surface area contributed by atoms with Crippen molar-refractivity contribution in [3.8, 4) is 0 Å². The highest BCUT2D eigenvalue weighted by molar-refractivity contribution is 5.78. The van der Waals surface area contributed by atoms with Crippen LogP contribution in [0, 0.1) is 5.92 Å². The number of carbonyl (C=O) groups excluding carboxylic acids is 1. The molecule has 5 heteroatoms. The van der Waals surface area contributed by atoms with Gasteiger partial charge in [-0.05, 0) is 35.6 Å². The number of hydrogen-bond acceptors (Lipinski definition) is 2. The molecule has 0 radical (unpaired) electrons. The van der Waals surface area contributed by atoms with Gasteiger partial charge in [0.15, 0.2) is 0 Å². The Morgan fingerprint density at radius 3 is 2.31 bits per heavy atom. The molecule has 5 nitrogen and oxygen atoms in total. The fourth-order valence-corrected chi connectivity index (χ4v) is 3.85. The third-order valence-corrected chi connectivity index (χ3v) is 5.47. The van der Waals surface area contributed by atoms with E-state index < -0.39 is 0 Å². The van der Waals surface area contributed by atoms with Crippen molar-refractivity contribution in [2.75, 3.05) is 0 Å². The summed E-state index contributed by atoms with van der Waals surface area (Å²) in [7, 11) is 1.76. The number of imidazole rings is 1. The first kappa shape index (κ1) is 20.9. The van der Waals surface area contributed by atoms with Gasteiger partial charge in [-0.2, -0.15) is 0 Å². The van der Waals surface area contributed by atoms with E-state index in [0.717, 1.165) is 29.4 Å². The first-order valence-electron chi connectivity index (χ1n) is 10.4. The SMILES string of the molecule is CCCc1ccc(C(NC(=O)CCn2c(=O)n(C)c3ccccc32)C(C)C)cc1. The maximum Gasteiger partial charge on any atom is 0.328 e. The molecule has 0 saturated carbocycles. The van der Waals surface area contributed by atoms with Crippen molar-refractivity contribution in [3.63, 3.8) is 0 Å². The third kappa shape index (κ3) is 4.61. The Kier molecular flexibility index (Phi) is 6.57. The Balaban J connectivity index is 1.70. The first-order chi connectivity index (χ1) is 13.9. The Hall–Kier alpha value is -2.82. The molecule has 154 valence electrons. The fourth-order valence-electron chi connectivity index (χ4n) is 3.85. The zero-order valence-corrected chi connectivity index (χ0v) is 17.8. The largest absolute Gasteiger partial charge is 0.349 e. The van der Waals surface area contributed by atoms with Crippen LogP contribution in [0.4, 0.5) is 0 Å². The Morgan fingerprint density at radius 2 is 1.69 bits per heavy atom. The molecule has 1 heterocycles. The van der Waals surface area contributed by atoms with Gasteiger partial charge in [0.1, 0.15) is 0 Å². The normalized spacial score (nSPS) is 12.4. The van der Waals surface area contributed by atoms with Crippen LogP contribution in [-0.2, 0) is 24.8 Å². The predicted molar refractivity (Wildman–Crippen MR) is 118 cm³/mol. The van der Waals surface area contributed by atoms with Gasteiger partial charge in [0, 0.05) is 20.0 Å². The molecule has 0 saturated heterocycles. The number of amides is 1. The number of carbonyl (C=O) groups is 1. The lowest BCUT2D eigenvalue weighted by Gasteiger charge is -2.23. The van der Waals surface area contributed by atoms with Crippen molar-refractivity contribution in [2.24, 2.45) is 13.0 Å². The van der Waals surface area contributed by atoms with Gasteiger partial charge in [-0.3, -0.25) is 13.9 Å².